The second-order valence-corrected chi connectivity index (χ2v) is 6.18. The molecule has 1 amide bonds. The zero-order chi connectivity index (χ0) is 22.7. The number of nitrogens with zero attached hydrogens (tertiary/aromatic N) is 4. The maximum absolute atomic E-state index is 12.6. The SMILES string of the molecule is COc1ccc(-c2nc(NC(=O)c3cc([N+](=O)[O-])cc([N+](=O)[O-])c3C)n[nH]2)c(OC)c1. The van der Waals surface area contributed by atoms with Crippen molar-refractivity contribution in [2.24, 2.45) is 0 Å². The van der Waals surface area contributed by atoms with Crippen LogP contribution in [0.4, 0.5) is 17.3 Å². The number of amides is 1. The third kappa shape index (κ3) is 4.24. The van der Waals surface area contributed by atoms with Crippen molar-refractivity contribution in [3.05, 3.63) is 61.7 Å². The summed E-state index contributed by atoms with van der Waals surface area (Å²) in [6.07, 6.45) is 0. The van der Waals surface area contributed by atoms with Gasteiger partial charge in [-0.1, -0.05) is 0 Å². The van der Waals surface area contributed by atoms with E-state index in [2.05, 4.69) is 20.5 Å². The van der Waals surface area contributed by atoms with Crippen molar-refractivity contribution in [1.82, 2.24) is 15.2 Å². The first-order chi connectivity index (χ1) is 14.7. The lowest BCUT2D eigenvalue weighted by Crippen LogP contribution is -2.15. The predicted molar refractivity (Wildman–Crippen MR) is 107 cm³/mol. The van der Waals surface area contributed by atoms with E-state index in [-0.39, 0.29) is 22.9 Å². The van der Waals surface area contributed by atoms with E-state index in [1.54, 1.807) is 18.2 Å². The van der Waals surface area contributed by atoms with E-state index in [0.717, 1.165) is 12.1 Å². The van der Waals surface area contributed by atoms with Gasteiger partial charge in [0.15, 0.2) is 5.82 Å². The fraction of sp³-hybridized carbons (Fsp3) is 0.167. The van der Waals surface area contributed by atoms with Crippen molar-refractivity contribution in [3.63, 3.8) is 0 Å². The Bertz CT molecular complexity index is 1190. The number of hydrogen-bond donors (Lipinski definition) is 2. The number of carbonyl (C=O) groups is 1. The van der Waals surface area contributed by atoms with Gasteiger partial charge in [-0.05, 0) is 19.1 Å². The van der Waals surface area contributed by atoms with Crippen molar-refractivity contribution >= 4 is 23.2 Å². The van der Waals surface area contributed by atoms with Gasteiger partial charge in [-0.3, -0.25) is 35.4 Å². The molecule has 3 aromatic rings. The number of nitro benzene ring substituents is 2. The first kappa shape index (κ1) is 21.2. The second kappa shape index (κ2) is 8.44. The zero-order valence-electron chi connectivity index (χ0n) is 16.5. The number of hydrogen-bond acceptors (Lipinski definition) is 9. The average molecular weight is 428 g/mol. The summed E-state index contributed by atoms with van der Waals surface area (Å²) in [7, 11) is 2.98. The largest absolute Gasteiger partial charge is 0.497 e. The number of nitrogens with one attached hydrogen (secondary N) is 2. The standard InChI is InChI=1S/C18H16N6O7/c1-9-13(6-10(23(26)27)7-14(9)24(28)29)17(25)20-18-19-16(21-22-18)12-5-4-11(30-2)8-15(12)31-3/h4-8H,1-3H3,(H2,19,20,21,22,25). The van der Waals surface area contributed by atoms with Gasteiger partial charge in [0.1, 0.15) is 11.5 Å². The monoisotopic (exact) mass is 428 g/mol. The van der Waals surface area contributed by atoms with Crippen LogP contribution in [-0.2, 0) is 0 Å². The molecule has 160 valence electrons. The Balaban J connectivity index is 1.92. The molecule has 0 unspecified atom stereocenters. The lowest BCUT2D eigenvalue weighted by Gasteiger charge is -2.08. The highest BCUT2D eigenvalue weighted by atomic mass is 16.6. The molecule has 31 heavy (non-hydrogen) atoms. The van der Waals surface area contributed by atoms with Gasteiger partial charge in [0.2, 0.25) is 5.95 Å². The molecule has 0 bridgehead atoms. The number of nitro groups is 2. The third-order valence-electron chi connectivity index (χ3n) is 4.39. The molecular formula is C18H16N6O7. The molecule has 13 heteroatoms. The highest BCUT2D eigenvalue weighted by Gasteiger charge is 2.25. The molecular weight excluding hydrogens is 412 g/mol. The van der Waals surface area contributed by atoms with Gasteiger partial charge in [-0.2, -0.15) is 4.98 Å². The van der Waals surface area contributed by atoms with Crippen LogP contribution < -0.4 is 14.8 Å². The normalized spacial score (nSPS) is 10.4. The van der Waals surface area contributed by atoms with Crippen molar-refractivity contribution in [1.29, 1.82) is 0 Å². The summed E-state index contributed by atoms with van der Waals surface area (Å²) in [6, 6.07) is 6.76. The average Bonchev–Trinajstić information content (AvgIpc) is 3.20. The minimum absolute atomic E-state index is 0.0271. The summed E-state index contributed by atoms with van der Waals surface area (Å²) in [4.78, 5) is 37.5. The molecule has 0 fully saturated rings. The van der Waals surface area contributed by atoms with Crippen molar-refractivity contribution in [2.75, 3.05) is 19.5 Å². The second-order valence-electron chi connectivity index (χ2n) is 6.18. The Hall–Kier alpha value is -4.55. The molecule has 2 N–H and O–H groups in total. The van der Waals surface area contributed by atoms with E-state index in [0.29, 0.717) is 17.1 Å². The lowest BCUT2D eigenvalue weighted by atomic mass is 10.0. The fourth-order valence-electron chi connectivity index (χ4n) is 2.82. The van der Waals surface area contributed by atoms with Crippen LogP contribution in [0.15, 0.2) is 30.3 Å². The zero-order valence-corrected chi connectivity index (χ0v) is 16.5. The molecule has 3 rings (SSSR count). The van der Waals surface area contributed by atoms with Crippen molar-refractivity contribution < 1.29 is 24.1 Å². The molecule has 0 aliphatic heterocycles. The van der Waals surface area contributed by atoms with E-state index < -0.39 is 27.1 Å². The molecule has 1 heterocycles. The van der Waals surface area contributed by atoms with E-state index >= 15 is 0 Å². The van der Waals surface area contributed by atoms with E-state index in [1.165, 1.54) is 21.1 Å². The van der Waals surface area contributed by atoms with Crippen LogP contribution in [0.3, 0.4) is 0 Å². The van der Waals surface area contributed by atoms with Crippen LogP contribution in [0.2, 0.25) is 0 Å². The van der Waals surface area contributed by atoms with Crippen LogP contribution in [0.1, 0.15) is 15.9 Å². The van der Waals surface area contributed by atoms with Gasteiger partial charge in [0, 0.05) is 17.7 Å². The number of carbonyl (C=O) groups excluding carboxylic acids is 1. The summed E-state index contributed by atoms with van der Waals surface area (Å²) < 4.78 is 10.4. The Morgan fingerprint density at radius 2 is 1.84 bits per heavy atom. The Morgan fingerprint density at radius 1 is 1.10 bits per heavy atom. The topological polar surface area (TPSA) is 175 Å². The lowest BCUT2D eigenvalue weighted by molar-refractivity contribution is -0.394. The molecule has 0 saturated carbocycles. The molecule has 0 atom stereocenters. The number of ether oxygens (including phenoxy) is 2. The molecule has 0 aliphatic rings. The van der Waals surface area contributed by atoms with Crippen molar-refractivity contribution in [2.45, 2.75) is 6.92 Å². The van der Waals surface area contributed by atoms with Gasteiger partial charge in [-0.25, -0.2) is 0 Å². The minimum Gasteiger partial charge on any atom is -0.497 e. The number of aromatic nitrogens is 3. The maximum Gasteiger partial charge on any atom is 0.279 e. The molecule has 0 aliphatic carbocycles. The number of non-ortho nitro benzene ring substituents is 1. The van der Waals surface area contributed by atoms with Gasteiger partial charge in [-0.15, -0.1) is 5.10 Å². The quantitative estimate of drug-likeness (QED) is 0.423. The Kier molecular flexibility index (Phi) is 5.76. The summed E-state index contributed by atoms with van der Waals surface area (Å²) >= 11 is 0. The van der Waals surface area contributed by atoms with Crippen LogP contribution in [0, 0.1) is 27.2 Å². The first-order valence-electron chi connectivity index (χ1n) is 8.64. The summed E-state index contributed by atoms with van der Waals surface area (Å²) in [5.74, 6) is 0.314. The molecule has 0 spiro atoms. The third-order valence-corrected chi connectivity index (χ3v) is 4.39. The van der Waals surface area contributed by atoms with E-state index in [9.17, 15) is 25.0 Å². The van der Waals surface area contributed by atoms with Gasteiger partial charge in [0.05, 0.1) is 41.3 Å². The van der Waals surface area contributed by atoms with Gasteiger partial charge >= 0.3 is 0 Å². The van der Waals surface area contributed by atoms with Gasteiger partial charge in [0.25, 0.3) is 17.3 Å². The van der Waals surface area contributed by atoms with Crippen LogP contribution in [0.5, 0.6) is 11.5 Å². The highest BCUT2D eigenvalue weighted by molar-refractivity contribution is 6.05. The van der Waals surface area contributed by atoms with Crippen LogP contribution >= 0.6 is 0 Å². The first-order valence-corrected chi connectivity index (χ1v) is 8.64. The minimum atomic E-state index is -0.837. The number of benzene rings is 2. The van der Waals surface area contributed by atoms with E-state index in [1.807, 2.05) is 0 Å². The number of methoxy groups -OCH3 is 2. The predicted octanol–water partition coefficient (Wildman–Crippen LogP) is 2.87. The Labute approximate surface area is 174 Å². The molecule has 0 radical (unpaired) electrons. The molecule has 1 aromatic heterocycles. The van der Waals surface area contributed by atoms with Crippen LogP contribution in [0.25, 0.3) is 11.4 Å². The maximum atomic E-state index is 12.6. The summed E-state index contributed by atoms with van der Waals surface area (Å²) in [6.45, 7) is 1.32. The smallest absolute Gasteiger partial charge is 0.279 e. The number of H-pyrrole nitrogens is 1. The fourth-order valence-corrected chi connectivity index (χ4v) is 2.82. The summed E-state index contributed by atoms with van der Waals surface area (Å²) in [5, 5.41) is 31.2. The number of anilines is 1. The van der Waals surface area contributed by atoms with Gasteiger partial charge < -0.3 is 9.47 Å². The van der Waals surface area contributed by atoms with Crippen molar-refractivity contribution in [3.8, 4) is 22.9 Å². The molecule has 2 aromatic carbocycles. The molecule has 13 nitrogen and oxygen atoms in total. The molecule has 0 saturated heterocycles. The number of rotatable bonds is 7. The summed E-state index contributed by atoms with van der Waals surface area (Å²) in [5.41, 5.74) is -0.854. The highest BCUT2D eigenvalue weighted by Crippen LogP contribution is 2.32. The Morgan fingerprint density at radius 3 is 2.45 bits per heavy atom. The van der Waals surface area contributed by atoms with E-state index in [4.69, 9.17) is 9.47 Å². The van der Waals surface area contributed by atoms with Crippen LogP contribution in [-0.4, -0.2) is 45.2 Å². The number of aromatic amines is 1.